The molecular weight excluding hydrogens is 470 g/mol. The first-order valence-electron chi connectivity index (χ1n) is 11.0. The lowest BCUT2D eigenvalue weighted by Crippen LogP contribution is -2.40. The average molecular weight is 494 g/mol. The molecule has 0 radical (unpaired) electrons. The Kier molecular flexibility index (Phi) is 5.01. The Morgan fingerprint density at radius 2 is 1.94 bits per heavy atom. The molecule has 0 spiro atoms. The van der Waals surface area contributed by atoms with Gasteiger partial charge < -0.3 is 4.40 Å². The van der Waals surface area contributed by atoms with Crippen LogP contribution >= 0.6 is 23.3 Å². The van der Waals surface area contributed by atoms with Gasteiger partial charge in [0.05, 0.1) is 46.9 Å². The number of hydrogen-bond acceptors (Lipinski definition) is 7. The van der Waals surface area contributed by atoms with Crippen molar-refractivity contribution >= 4 is 39.0 Å². The van der Waals surface area contributed by atoms with Crippen LogP contribution in [0.15, 0.2) is 63.1 Å². The Balaban J connectivity index is 1.47. The Morgan fingerprint density at radius 1 is 1.12 bits per heavy atom. The summed E-state index contributed by atoms with van der Waals surface area (Å²) in [6.07, 6.45) is 11.3. The van der Waals surface area contributed by atoms with Crippen molar-refractivity contribution < 1.29 is 0 Å². The third-order valence-electron chi connectivity index (χ3n) is 6.18. The van der Waals surface area contributed by atoms with E-state index in [1.807, 2.05) is 42.0 Å². The molecule has 11 heteroatoms. The van der Waals surface area contributed by atoms with Crippen molar-refractivity contribution in [3.63, 3.8) is 0 Å². The van der Waals surface area contributed by atoms with Crippen LogP contribution in [-0.4, -0.2) is 33.8 Å². The van der Waals surface area contributed by atoms with Crippen molar-refractivity contribution in [3.05, 3.63) is 81.3 Å². The fraction of sp³-hybridized carbons (Fsp3) is 0.304. The second kappa shape index (κ2) is 7.97. The number of pyridine rings is 1. The van der Waals surface area contributed by atoms with Crippen LogP contribution in [0.25, 0.3) is 15.7 Å². The van der Waals surface area contributed by atoms with Crippen LogP contribution in [0.2, 0.25) is 0 Å². The summed E-state index contributed by atoms with van der Waals surface area (Å²) >= 11 is 3.02. The quantitative estimate of drug-likeness (QED) is 0.351. The number of nitrogens with zero attached hydrogens (tertiary/aromatic N) is 6. The molecule has 0 aliphatic heterocycles. The lowest BCUT2D eigenvalue weighted by Gasteiger charge is -2.12. The second-order valence-corrected chi connectivity index (χ2v) is 11.2. The molecule has 5 aromatic rings. The van der Waals surface area contributed by atoms with E-state index in [1.165, 1.54) is 15.9 Å². The molecule has 5 aromatic heterocycles. The maximum Gasteiger partial charge on any atom is 0.332 e. The molecule has 0 aromatic carbocycles. The van der Waals surface area contributed by atoms with E-state index in [-0.39, 0.29) is 23.3 Å². The molecule has 174 valence electrons. The molecule has 0 unspecified atom stereocenters. The highest BCUT2D eigenvalue weighted by Gasteiger charge is 2.37. The molecule has 1 aliphatic carbocycles. The Labute approximate surface area is 202 Å². The monoisotopic (exact) mass is 493 g/mol. The zero-order valence-corrected chi connectivity index (χ0v) is 20.4. The van der Waals surface area contributed by atoms with Crippen LogP contribution < -0.4 is 16.0 Å². The zero-order valence-electron chi connectivity index (χ0n) is 18.8. The van der Waals surface area contributed by atoms with Crippen LogP contribution in [0.1, 0.15) is 30.9 Å². The summed E-state index contributed by atoms with van der Waals surface area (Å²) in [7, 11) is 1.82. The van der Waals surface area contributed by atoms with Crippen LogP contribution in [0.4, 0.5) is 0 Å². The van der Waals surface area contributed by atoms with E-state index in [1.54, 1.807) is 39.9 Å². The largest absolute Gasteiger partial charge is 0.332 e. The number of nitrogens with one attached hydrogen (secondary N) is 1. The topological polar surface area (TPSA) is 91.1 Å². The number of thiophene rings is 1. The van der Waals surface area contributed by atoms with Gasteiger partial charge in [-0.3, -0.25) is 23.3 Å². The Hall–Kier alpha value is -3.15. The summed E-state index contributed by atoms with van der Waals surface area (Å²) in [5, 5.41) is 4.74. The molecule has 1 N–H and O–H groups in total. The van der Waals surface area contributed by atoms with Gasteiger partial charge >= 0.3 is 5.69 Å². The molecule has 1 aliphatic rings. The highest BCUT2D eigenvalue weighted by atomic mass is 32.2. The van der Waals surface area contributed by atoms with Gasteiger partial charge in [0, 0.05) is 30.5 Å². The van der Waals surface area contributed by atoms with Crippen LogP contribution in [-0.2, 0) is 20.1 Å². The maximum atomic E-state index is 13.6. The van der Waals surface area contributed by atoms with Gasteiger partial charge in [0.15, 0.2) is 0 Å². The van der Waals surface area contributed by atoms with Crippen LogP contribution in [0.3, 0.4) is 0 Å². The molecule has 9 nitrogen and oxygen atoms in total. The standard InChI is InChI=1S/C23H23N7O2S2/c1-23(5-6-23)26-34-19-7-18-20(31)29(13-16-8-25-27(2)10-16)22(32)30(21(18)33-19)12-15-3-4-17-9-24-14-28(17)11-15/h3-4,7-11,14,26H,5-6,12-13H2,1-2H3. The van der Waals surface area contributed by atoms with Crippen molar-refractivity contribution in [2.75, 3.05) is 0 Å². The fourth-order valence-electron chi connectivity index (χ4n) is 3.95. The van der Waals surface area contributed by atoms with E-state index < -0.39 is 0 Å². The van der Waals surface area contributed by atoms with Crippen molar-refractivity contribution in [1.29, 1.82) is 0 Å². The minimum absolute atomic E-state index is 0.154. The first-order chi connectivity index (χ1) is 16.4. The van der Waals surface area contributed by atoms with E-state index in [9.17, 15) is 9.59 Å². The van der Waals surface area contributed by atoms with Gasteiger partial charge in [-0.25, -0.2) is 9.78 Å². The van der Waals surface area contributed by atoms with E-state index in [4.69, 9.17) is 0 Å². The highest BCUT2D eigenvalue weighted by Crippen LogP contribution is 2.39. The van der Waals surface area contributed by atoms with Gasteiger partial charge in [0.2, 0.25) is 0 Å². The number of imidazole rings is 1. The lowest BCUT2D eigenvalue weighted by atomic mass is 10.2. The van der Waals surface area contributed by atoms with E-state index in [0.29, 0.717) is 16.8 Å². The molecule has 34 heavy (non-hydrogen) atoms. The summed E-state index contributed by atoms with van der Waals surface area (Å²) in [6.45, 7) is 2.72. The smallest absolute Gasteiger partial charge is 0.306 e. The van der Waals surface area contributed by atoms with Crippen molar-refractivity contribution in [2.24, 2.45) is 7.05 Å². The molecule has 0 atom stereocenters. The summed E-state index contributed by atoms with van der Waals surface area (Å²) in [5.74, 6) is 0. The van der Waals surface area contributed by atoms with Crippen LogP contribution in [0, 0.1) is 0 Å². The van der Waals surface area contributed by atoms with Crippen molar-refractivity contribution in [3.8, 4) is 0 Å². The number of aromatic nitrogens is 6. The van der Waals surface area contributed by atoms with Crippen molar-refractivity contribution in [2.45, 2.75) is 42.6 Å². The number of fused-ring (bicyclic) bond motifs is 2. The summed E-state index contributed by atoms with van der Waals surface area (Å²) < 4.78 is 11.1. The molecule has 0 amide bonds. The van der Waals surface area contributed by atoms with E-state index in [2.05, 4.69) is 21.7 Å². The third-order valence-corrected chi connectivity index (χ3v) is 8.55. The number of hydrogen-bond donors (Lipinski definition) is 1. The van der Waals surface area contributed by atoms with Gasteiger partial charge in [0.1, 0.15) is 4.83 Å². The molecular formula is C23H23N7O2S2. The zero-order chi connectivity index (χ0) is 23.4. The summed E-state index contributed by atoms with van der Waals surface area (Å²) in [5.41, 5.74) is 2.30. The molecule has 1 fully saturated rings. The summed E-state index contributed by atoms with van der Waals surface area (Å²) in [6, 6.07) is 5.87. The van der Waals surface area contributed by atoms with Gasteiger partial charge in [-0.05, 0) is 49.4 Å². The molecule has 5 heterocycles. The van der Waals surface area contributed by atoms with Crippen molar-refractivity contribution in [1.82, 2.24) is 33.0 Å². The molecule has 6 rings (SSSR count). The predicted octanol–water partition coefficient (Wildman–Crippen LogP) is 2.85. The minimum atomic E-state index is -0.326. The SMILES string of the molecule is Cn1cc(Cn2c(=O)c3cc(SNC4(C)CC4)sc3n(Cc3ccc4cncn4c3)c2=O)cn1. The highest BCUT2D eigenvalue weighted by molar-refractivity contribution is 7.99. The lowest BCUT2D eigenvalue weighted by molar-refractivity contribution is 0.636. The van der Waals surface area contributed by atoms with Crippen LogP contribution in [0.5, 0.6) is 0 Å². The van der Waals surface area contributed by atoms with Gasteiger partial charge in [-0.2, -0.15) is 5.10 Å². The van der Waals surface area contributed by atoms with Gasteiger partial charge in [0.25, 0.3) is 5.56 Å². The predicted molar refractivity (Wildman–Crippen MR) is 134 cm³/mol. The molecule has 1 saturated carbocycles. The second-order valence-electron chi connectivity index (χ2n) is 9.09. The fourth-order valence-corrected chi connectivity index (χ4v) is 6.08. The molecule has 0 bridgehead atoms. The Bertz CT molecular complexity index is 1650. The first kappa shape index (κ1) is 21.4. The number of aryl methyl sites for hydroxylation is 1. The first-order valence-corrected chi connectivity index (χ1v) is 12.6. The summed E-state index contributed by atoms with van der Waals surface area (Å²) in [4.78, 5) is 31.9. The minimum Gasteiger partial charge on any atom is -0.306 e. The maximum absolute atomic E-state index is 13.6. The van der Waals surface area contributed by atoms with E-state index >= 15 is 0 Å². The van der Waals surface area contributed by atoms with Gasteiger partial charge in [-0.1, -0.05) is 6.07 Å². The number of rotatable bonds is 7. The normalized spacial score (nSPS) is 14.9. The van der Waals surface area contributed by atoms with Gasteiger partial charge in [-0.15, -0.1) is 11.3 Å². The van der Waals surface area contributed by atoms with E-state index in [0.717, 1.165) is 33.7 Å². The molecule has 0 saturated heterocycles. The third kappa shape index (κ3) is 3.89. The Morgan fingerprint density at radius 3 is 2.71 bits per heavy atom. The average Bonchev–Trinajstić information content (AvgIpc) is 3.21.